The maximum absolute atomic E-state index is 11.9. The number of nitrogens with two attached hydrogens (primary N) is 1. The van der Waals surface area contributed by atoms with E-state index in [9.17, 15) is 14.4 Å². The average molecular weight is 290 g/mol. The van der Waals surface area contributed by atoms with Crippen molar-refractivity contribution in [3.63, 3.8) is 0 Å². The van der Waals surface area contributed by atoms with Crippen LogP contribution in [0.3, 0.4) is 0 Å². The summed E-state index contributed by atoms with van der Waals surface area (Å²) in [6.07, 6.45) is -0.498. The quantitative estimate of drug-likeness (QED) is 0.702. The van der Waals surface area contributed by atoms with E-state index in [1.807, 2.05) is 6.07 Å². The first-order chi connectivity index (χ1) is 9.85. The summed E-state index contributed by atoms with van der Waals surface area (Å²) < 4.78 is 0. The Morgan fingerprint density at radius 2 is 1.95 bits per heavy atom. The molecule has 1 atom stereocenters. The van der Waals surface area contributed by atoms with Gasteiger partial charge in [-0.25, -0.2) is 9.59 Å². The Morgan fingerprint density at radius 1 is 1.38 bits per heavy atom. The molecule has 0 spiro atoms. The molecule has 3 amide bonds. The van der Waals surface area contributed by atoms with Gasteiger partial charge in [-0.15, -0.1) is 0 Å². The summed E-state index contributed by atoms with van der Waals surface area (Å²) in [4.78, 5) is 34.8. The summed E-state index contributed by atoms with van der Waals surface area (Å²) >= 11 is 0. The highest BCUT2D eigenvalue weighted by atomic mass is 16.4. The molecule has 0 saturated carbocycles. The molecule has 110 valence electrons. The van der Waals surface area contributed by atoms with Crippen LogP contribution >= 0.6 is 0 Å². The van der Waals surface area contributed by atoms with Crippen LogP contribution in [0, 0.1) is 11.3 Å². The number of carbonyl (C=O) groups is 3. The zero-order valence-corrected chi connectivity index (χ0v) is 11.2. The van der Waals surface area contributed by atoms with Gasteiger partial charge in [0.2, 0.25) is 5.91 Å². The zero-order valence-electron chi connectivity index (χ0n) is 11.2. The second-order valence-corrected chi connectivity index (χ2v) is 4.23. The molecule has 4 N–H and O–H groups in total. The first kappa shape index (κ1) is 16.0. The fourth-order valence-corrected chi connectivity index (χ4v) is 1.52. The predicted molar refractivity (Wildman–Crippen MR) is 73.3 cm³/mol. The maximum Gasteiger partial charge on any atom is 0.326 e. The van der Waals surface area contributed by atoms with Crippen molar-refractivity contribution >= 4 is 23.6 Å². The van der Waals surface area contributed by atoms with Crippen molar-refractivity contribution in [1.29, 1.82) is 5.26 Å². The van der Waals surface area contributed by atoms with Gasteiger partial charge in [-0.05, 0) is 24.3 Å². The first-order valence-electron chi connectivity index (χ1n) is 5.90. The highest BCUT2D eigenvalue weighted by molar-refractivity contribution is 5.95. The maximum atomic E-state index is 11.9. The van der Waals surface area contributed by atoms with E-state index in [1.54, 1.807) is 12.1 Å². The molecule has 0 aliphatic heterocycles. The van der Waals surface area contributed by atoms with Crippen LogP contribution in [0.25, 0.3) is 0 Å². The average Bonchev–Trinajstić information content (AvgIpc) is 2.45. The minimum atomic E-state index is -1.39. The van der Waals surface area contributed by atoms with Crippen molar-refractivity contribution in [2.45, 2.75) is 12.5 Å². The minimum absolute atomic E-state index is 0.435. The number of benzene rings is 1. The van der Waals surface area contributed by atoms with Crippen LogP contribution in [0.1, 0.15) is 12.0 Å². The highest BCUT2D eigenvalue weighted by Gasteiger charge is 2.24. The second-order valence-electron chi connectivity index (χ2n) is 4.23. The van der Waals surface area contributed by atoms with Crippen LogP contribution in [0.4, 0.5) is 10.5 Å². The number of nitriles is 1. The number of amides is 3. The molecular weight excluding hydrogens is 276 g/mol. The molecule has 1 rings (SSSR count). The Balaban J connectivity index is 2.78. The van der Waals surface area contributed by atoms with Crippen molar-refractivity contribution in [3.05, 3.63) is 29.8 Å². The van der Waals surface area contributed by atoms with Crippen LogP contribution in [-0.2, 0) is 9.59 Å². The van der Waals surface area contributed by atoms with E-state index >= 15 is 0 Å². The second kappa shape index (κ2) is 6.91. The van der Waals surface area contributed by atoms with Gasteiger partial charge in [0.05, 0.1) is 18.1 Å². The smallest absolute Gasteiger partial charge is 0.326 e. The number of anilines is 1. The summed E-state index contributed by atoms with van der Waals surface area (Å²) in [5.41, 5.74) is 5.83. The summed E-state index contributed by atoms with van der Waals surface area (Å²) in [6, 6.07) is 5.99. The van der Waals surface area contributed by atoms with E-state index in [0.717, 1.165) is 4.90 Å². The number of carboxylic acids is 1. The monoisotopic (exact) mass is 290 g/mol. The Morgan fingerprint density at radius 3 is 2.38 bits per heavy atom. The topological polar surface area (TPSA) is 137 Å². The standard InChI is InChI=1S/C13H14N4O4/c1-17(9-4-2-8(7-14)3-5-9)13(21)16-10(12(19)20)6-11(15)18/h2-5,10H,6H2,1H3,(H2,15,18)(H,16,21)(H,19,20). The lowest BCUT2D eigenvalue weighted by Crippen LogP contribution is -2.48. The molecular formula is C13H14N4O4. The third-order valence-corrected chi connectivity index (χ3v) is 2.69. The number of urea groups is 1. The predicted octanol–water partition coefficient (Wildman–Crippen LogP) is 0.0327. The summed E-state index contributed by atoms with van der Waals surface area (Å²) in [5.74, 6) is -2.18. The van der Waals surface area contributed by atoms with Crippen LogP contribution in [0.2, 0.25) is 0 Å². The summed E-state index contributed by atoms with van der Waals surface area (Å²) in [6.45, 7) is 0. The van der Waals surface area contributed by atoms with Gasteiger partial charge in [-0.3, -0.25) is 9.69 Å². The van der Waals surface area contributed by atoms with Gasteiger partial charge < -0.3 is 16.2 Å². The SMILES string of the molecule is CN(C(=O)NC(CC(N)=O)C(=O)O)c1ccc(C#N)cc1. The van der Waals surface area contributed by atoms with E-state index in [-0.39, 0.29) is 0 Å². The minimum Gasteiger partial charge on any atom is -0.480 e. The fraction of sp³-hybridized carbons (Fsp3) is 0.231. The molecule has 0 aliphatic rings. The Labute approximate surface area is 120 Å². The van der Waals surface area contributed by atoms with Crippen molar-refractivity contribution in [2.24, 2.45) is 5.73 Å². The van der Waals surface area contributed by atoms with E-state index in [2.05, 4.69) is 5.32 Å². The summed E-state index contributed by atoms with van der Waals surface area (Å²) in [7, 11) is 1.43. The van der Waals surface area contributed by atoms with E-state index in [0.29, 0.717) is 11.3 Å². The van der Waals surface area contributed by atoms with Crippen LogP contribution in [0.5, 0.6) is 0 Å². The van der Waals surface area contributed by atoms with E-state index in [1.165, 1.54) is 19.2 Å². The van der Waals surface area contributed by atoms with Gasteiger partial charge >= 0.3 is 12.0 Å². The lowest BCUT2D eigenvalue weighted by Gasteiger charge is -2.21. The Kier molecular flexibility index (Phi) is 5.25. The lowest BCUT2D eigenvalue weighted by atomic mass is 10.2. The number of primary amides is 1. The van der Waals surface area contributed by atoms with Gasteiger partial charge in [0.15, 0.2) is 0 Å². The molecule has 8 nitrogen and oxygen atoms in total. The molecule has 8 heteroatoms. The largest absolute Gasteiger partial charge is 0.480 e. The van der Waals surface area contributed by atoms with Gasteiger partial charge in [0, 0.05) is 12.7 Å². The van der Waals surface area contributed by atoms with Crippen molar-refractivity contribution < 1.29 is 19.5 Å². The van der Waals surface area contributed by atoms with Crippen molar-refractivity contribution in [2.75, 3.05) is 11.9 Å². The molecule has 1 unspecified atom stereocenters. The van der Waals surface area contributed by atoms with Crippen molar-refractivity contribution in [3.8, 4) is 6.07 Å². The third-order valence-electron chi connectivity index (χ3n) is 2.69. The number of carboxylic acid groups (broad SMARTS) is 1. The van der Waals surface area contributed by atoms with Crippen LogP contribution in [-0.4, -0.2) is 36.1 Å². The van der Waals surface area contributed by atoms with Crippen LogP contribution < -0.4 is 16.0 Å². The number of aliphatic carboxylic acids is 1. The molecule has 0 aliphatic carbocycles. The van der Waals surface area contributed by atoms with Gasteiger partial charge in [-0.2, -0.15) is 5.26 Å². The number of carbonyl (C=O) groups excluding carboxylic acids is 2. The molecule has 1 aromatic carbocycles. The molecule has 0 aromatic heterocycles. The Hall–Kier alpha value is -3.08. The number of hydrogen-bond acceptors (Lipinski definition) is 4. The van der Waals surface area contributed by atoms with Crippen molar-refractivity contribution in [1.82, 2.24) is 5.32 Å². The number of nitrogens with zero attached hydrogens (tertiary/aromatic N) is 2. The molecule has 21 heavy (non-hydrogen) atoms. The molecule has 1 aromatic rings. The summed E-state index contributed by atoms with van der Waals surface area (Å²) in [5, 5.41) is 19.8. The van der Waals surface area contributed by atoms with E-state index < -0.39 is 30.4 Å². The molecule has 0 saturated heterocycles. The Bertz CT molecular complexity index is 591. The lowest BCUT2D eigenvalue weighted by molar-refractivity contribution is -0.140. The number of hydrogen-bond donors (Lipinski definition) is 3. The number of nitrogens with one attached hydrogen (secondary N) is 1. The third kappa shape index (κ3) is 4.50. The van der Waals surface area contributed by atoms with Gasteiger partial charge in [0.25, 0.3) is 0 Å². The van der Waals surface area contributed by atoms with Gasteiger partial charge in [-0.1, -0.05) is 0 Å². The molecule has 0 heterocycles. The first-order valence-corrected chi connectivity index (χ1v) is 5.90. The normalized spacial score (nSPS) is 11.0. The molecule has 0 bridgehead atoms. The fourth-order valence-electron chi connectivity index (χ4n) is 1.52. The highest BCUT2D eigenvalue weighted by Crippen LogP contribution is 2.13. The van der Waals surface area contributed by atoms with E-state index in [4.69, 9.17) is 16.1 Å². The molecule has 0 radical (unpaired) electrons. The van der Waals surface area contributed by atoms with Gasteiger partial charge in [0.1, 0.15) is 6.04 Å². The molecule has 0 fully saturated rings. The zero-order chi connectivity index (χ0) is 16.0. The number of rotatable bonds is 5. The van der Waals surface area contributed by atoms with Crippen LogP contribution in [0.15, 0.2) is 24.3 Å².